The molecule has 0 aliphatic rings. The van der Waals surface area contributed by atoms with Crippen LogP contribution < -0.4 is 4.90 Å². The van der Waals surface area contributed by atoms with Crippen LogP contribution in [0.2, 0.25) is 0 Å². The Morgan fingerprint density at radius 1 is 1.11 bits per heavy atom. The second-order valence-electron chi connectivity index (χ2n) is 4.93. The zero-order chi connectivity index (χ0) is 13.8. The summed E-state index contributed by atoms with van der Waals surface area (Å²) in [4.78, 5) is 14.3. The van der Waals surface area contributed by atoms with Crippen LogP contribution in [0.5, 0.6) is 0 Å². The molecule has 0 N–H and O–H groups in total. The predicted molar refractivity (Wildman–Crippen MR) is 80.6 cm³/mol. The summed E-state index contributed by atoms with van der Waals surface area (Å²) in [7, 11) is 6.19. The first-order valence-corrected chi connectivity index (χ1v) is 7.09. The van der Waals surface area contributed by atoms with E-state index in [1.165, 1.54) is 10.4 Å². The van der Waals surface area contributed by atoms with E-state index in [0.717, 1.165) is 23.9 Å². The first-order valence-electron chi connectivity index (χ1n) is 6.27. The van der Waals surface area contributed by atoms with E-state index in [4.69, 9.17) is 0 Å². The van der Waals surface area contributed by atoms with E-state index in [9.17, 15) is 0 Å². The van der Waals surface area contributed by atoms with E-state index in [2.05, 4.69) is 45.9 Å². The normalized spacial score (nSPS) is 11.0. The number of aromatic nitrogens is 2. The van der Waals surface area contributed by atoms with E-state index < -0.39 is 0 Å². The molecular formula is C14H20N4S. The summed E-state index contributed by atoms with van der Waals surface area (Å²) in [5.74, 6) is 0. The fourth-order valence-electron chi connectivity index (χ4n) is 1.85. The minimum Gasteiger partial charge on any atom is -0.354 e. The molecule has 102 valence electrons. The lowest BCUT2D eigenvalue weighted by Gasteiger charge is -2.15. The zero-order valence-corrected chi connectivity index (χ0v) is 12.7. The monoisotopic (exact) mass is 276 g/mol. The van der Waals surface area contributed by atoms with Crippen molar-refractivity contribution in [1.82, 2.24) is 14.9 Å². The molecule has 0 atom stereocenters. The molecule has 0 bridgehead atoms. The number of hydrogen-bond donors (Lipinski definition) is 0. The van der Waals surface area contributed by atoms with Gasteiger partial charge in [-0.1, -0.05) is 0 Å². The fraction of sp³-hybridized carbons (Fsp3) is 0.429. The molecule has 0 amide bonds. The Bertz CT molecular complexity index is 521. The van der Waals surface area contributed by atoms with Crippen LogP contribution in [-0.2, 0) is 13.1 Å². The number of aryl methyl sites for hydroxylation is 1. The van der Waals surface area contributed by atoms with Gasteiger partial charge in [0.2, 0.25) is 0 Å². The van der Waals surface area contributed by atoms with Gasteiger partial charge in [-0.05, 0) is 31.7 Å². The van der Waals surface area contributed by atoms with Gasteiger partial charge in [0.05, 0.1) is 5.69 Å². The van der Waals surface area contributed by atoms with Crippen molar-refractivity contribution in [3.05, 3.63) is 40.7 Å². The number of rotatable bonds is 5. The summed E-state index contributed by atoms with van der Waals surface area (Å²) in [6.07, 6.45) is 3.68. The van der Waals surface area contributed by atoms with E-state index in [0.29, 0.717) is 0 Å². The highest BCUT2D eigenvalue weighted by Gasteiger charge is 2.11. The van der Waals surface area contributed by atoms with Crippen LogP contribution in [0.15, 0.2) is 24.5 Å². The highest BCUT2D eigenvalue weighted by molar-refractivity contribution is 7.15. The molecule has 2 aromatic heterocycles. The van der Waals surface area contributed by atoms with Gasteiger partial charge in [-0.2, -0.15) is 0 Å². The molecule has 0 saturated carbocycles. The van der Waals surface area contributed by atoms with Gasteiger partial charge in [0.15, 0.2) is 5.13 Å². The summed E-state index contributed by atoms with van der Waals surface area (Å²) in [5.41, 5.74) is 2.42. The third kappa shape index (κ3) is 3.75. The lowest BCUT2D eigenvalue weighted by atomic mass is 10.2. The Labute approximate surface area is 118 Å². The van der Waals surface area contributed by atoms with Crippen LogP contribution in [-0.4, -0.2) is 36.0 Å². The van der Waals surface area contributed by atoms with Gasteiger partial charge in [-0.3, -0.25) is 9.88 Å². The van der Waals surface area contributed by atoms with E-state index >= 15 is 0 Å². The summed E-state index contributed by atoms with van der Waals surface area (Å²) in [6.45, 7) is 3.94. The van der Waals surface area contributed by atoms with Gasteiger partial charge < -0.3 is 4.90 Å². The third-order valence-electron chi connectivity index (χ3n) is 2.88. The topological polar surface area (TPSA) is 32.3 Å². The van der Waals surface area contributed by atoms with Crippen LogP contribution in [0.1, 0.15) is 16.1 Å². The van der Waals surface area contributed by atoms with Crippen molar-refractivity contribution in [3.63, 3.8) is 0 Å². The van der Waals surface area contributed by atoms with Crippen LogP contribution in [0.4, 0.5) is 5.13 Å². The third-order valence-corrected chi connectivity index (χ3v) is 4.19. The second kappa shape index (κ2) is 6.12. The van der Waals surface area contributed by atoms with Gasteiger partial charge in [0.25, 0.3) is 0 Å². The summed E-state index contributed by atoms with van der Waals surface area (Å²) < 4.78 is 0. The van der Waals surface area contributed by atoms with Gasteiger partial charge in [0, 0.05) is 44.5 Å². The molecule has 2 heterocycles. The van der Waals surface area contributed by atoms with Crippen molar-refractivity contribution in [2.24, 2.45) is 0 Å². The maximum atomic E-state index is 4.58. The average molecular weight is 276 g/mol. The Morgan fingerprint density at radius 2 is 1.79 bits per heavy atom. The molecule has 2 aromatic rings. The van der Waals surface area contributed by atoms with Crippen molar-refractivity contribution < 1.29 is 0 Å². The van der Waals surface area contributed by atoms with Crippen molar-refractivity contribution in [2.45, 2.75) is 20.0 Å². The van der Waals surface area contributed by atoms with Crippen LogP contribution in [0.3, 0.4) is 0 Å². The number of thiazole rings is 1. The summed E-state index contributed by atoms with van der Waals surface area (Å²) >= 11 is 1.77. The molecule has 19 heavy (non-hydrogen) atoms. The zero-order valence-electron chi connectivity index (χ0n) is 11.9. The predicted octanol–water partition coefficient (Wildman–Crippen LogP) is 2.54. The molecule has 5 heteroatoms. The first kappa shape index (κ1) is 14.0. The van der Waals surface area contributed by atoms with Gasteiger partial charge in [-0.15, -0.1) is 11.3 Å². The number of pyridine rings is 1. The van der Waals surface area contributed by atoms with Gasteiger partial charge in [0.1, 0.15) is 0 Å². The minimum absolute atomic E-state index is 0.928. The highest BCUT2D eigenvalue weighted by Crippen LogP contribution is 2.25. The van der Waals surface area contributed by atoms with Gasteiger partial charge >= 0.3 is 0 Å². The highest BCUT2D eigenvalue weighted by atomic mass is 32.1. The standard InChI is InChI=1S/C14H20N4S/c1-11-13(19-14(16-11)17(2)3)10-18(4)9-12-5-7-15-8-6-12/h5-8H,9-10H2,1-4H3. The maximum Gasteiger partial charge on any atom is 0.185 e. The van der Waals surface area contributed by atoms with Gasteiger partial charge in [-0.25, -0.2) is 4.98 Å². The fourth-order valence-corrected chi connectivity index (χ4v) is 2.92. The summed E-state index contributed by atoms with van der Waals surface area (Å²) in [5, 5.41) is 1.07. The summed E-state index contributed by atoms with van der Waals surface area (Å²) in [6, 6.07) is 4.11. The van der Waals surface area contributed by atoms with E-state index in [1.54, 1.807) is 11.3 Å². The van der Waals surface area contributed by atoms with Crippen molar-refractivity contribution in [2.75, 3.05) is 26.0 Å². The number of anilines is 1. The molecule has 0 aliphatic carbocycles. The molecule has 4 nitrogen and oxygen atoms in total. The van der Waals surface area contributed by atoms with Crippen molar-refractivity contribution in [1.29, 1.82) is 0 Å². The average Bonchev–Trinajstić information content (AvgIpc) is 2.72. The van der Waals surface area contributed by atoms with Crippen LogP contribution >= 0.6 is 11.3 Å². The first-order chi connectivity index (χ1) is 9.06. The number of hydrogen-bond acceptors (Lipinski definition) is 5. The SMILES string of the molecule is Cc1nc(N(C)C)sc1CN(C)Cc1ccncc1. The quantitative estimate of drug-likeness (QED) is 0.840. The maximum absolute atomic E-state index is 4.58. The molecular weight excluding hydrogens is 256 g/mol. The Hall–Kier alpha value is -1.46. The minimum atomic E-state index is 0.928. The Morgan fingerprint density at radius 3 is 2.37 bits per heavy atom. The second-order valence-corrected chi connectivity index (χ2v) is 5.99. The van der Waals surface area contributed by atoms with Crippen LogP contribution in [0.25, 0.3) is 0 Å². The van der Waals surface area contributed by atoms with E-state index in [1.807, 2.05) is 26.5 Å². The van der Waals surface area contributed by atoms with Crippen LogP contribution in [0, 0.1) is 6.92 Å². The molecule has 0 radical (unpaired) electrons. The molecule has 0 fully saturated rings. The molecule has 0 aromatic carbocycles. The largest absolute Gasteiger partial charge is 0.354 e. The lowest BCUT2D eigenvalue weighted by molar-refractivity contribution is 0.321. The van der Waals surface area contributed by atoms with E-state index in [-0.39, 0.29) is 0 Å². The molecule has 0 saturated heterocycles. The number of nitrogens with zero attached hydrogens (tertiary/aromatic N) is 4. The molecule has 0 aliphatic heterocycles. The lowest BCUT2D eigenvalue weighted by Crippen LogP contribution is -2.17. The van der Waals surface area contributed by atoms with Crippen molar-refractivity contribution in [3.8, 4) is 0 Å². The van der Waals surface area contributed by atoms with Crippen molar-refractivity contribution >= 4 is 16.5 Å². The Balaban J connectivity index is 2.01. The Kier molecular flexibility index (Phi) is 4.50. The molecule has 0 spiro atoms. The smallest absolute Gasteiger partial charge is 0.185 e. The molecule has 0 unspecified atom stereocenters. The molecule has 2 rings (SSSR count).